The number of hydrogen-bond acceptors (Lipinski definition) is 3. The van der Waals surface area contributed by atoms with Gasteiger partial charge in [-0.05, 0) is 26.0 Å². The molecule has 0 bridgehead atoms. The predicted molar refractivity (Wildman–Crippen MR) is 52.4 cm³/mol. The van der Waals surface area contributed by atoms with Crippen LogP contribution in [-0.2, 0) is 0 Å². The largest absolute Gasteiger partial charge is 0.507 e. The summed E-state index contributed by atoms with van der Waals surface area (Å²) in [6.07, 6.45) is 0. The van der Waals surface area contributed by atoms with Crippen molar-refractivity contribution in [1.82, 2.24) is 5.32 Å². The molecule has 0 unspecified atom stereocenters. The molecule has 14 heavy (non-hydrogen) atoms. The Kier molecular flexibility index (Phi) is 2.96. The monoisotopic (exact) mass is 195 g/mol. The van der Waals surface area contributed by atoms with Gasteiger partial charge in [0.2, 0.25) is 0 Å². The summed E-state index contributed by atoms with van der Waals surface area (Å²) in [5.41, 5.74) is -0.0822. The van der Waals surface area contributed by atoms with Crippen LogP contribution in [0.2, 0.25) is 0 Å². The SMILES string of the molecule is CC(C)NC(=O)c1c(O)cccc1O. The lowest BCUT2D eigenvalue weighted by Gasteiger charge is -2.10. The van der Waals surface area contributed by atoms with E-state index in [0.29, 0.717) is 0 Å². The molecule has 3 N–H and O–H groups in total. The highest BCUT2D eigenvalue weighted by molar-refractivity contribution is 5.99. The Hall–Kier alpha value is -1.71. The van der Waals surface area contributed by atoms with Gasteiger partial charge in [0.1, 0.15) is 17.1 Å². The van der Waals surface area contributed by atoms with Crippen LogP contribution in [0.15, 0.2) is 18.2 Å². The highest BCUT2D eigenvalue weighted by Crippen LogP contribution is 2.25. The van der Waals surface area contributed by atoms with Gasteiger partial charge >= 0.3 is 0 Å². The normalized spacial score (nSPS) is 10.2. The summed E-state index contributed by atoms with van der Waals surface area (Å²) in [7, 11) is 0. The molecule has 1 aromatic carbocycles. The lowest BCUT2D eigenvalue weighted by molar-refractivity contribution is 0.0937. The number of nitrogens with one attached hydrogen (secondary N) is 1. The first-order valence-corrected chi connectivity index (χ1v) is 4.34. The quantitative estimate of drug-likeness (QED) is 0.664. The van der Waals surface area contributed by atoms with E-state index in [1.54, 1.807) is 13.8 Å². The molecule has 0 radical (unpaired) electrons. The molecule has 1 amide bonds. The molecule has 0 atom stereocenters. The number of carbonyl (C=O) groups excluding carboxylic acids is 1. The van der Waals surface area contributed by atoms with Crippen LogP contribution in [0.1, 0.15) is 24.2 Å². The standard InChI is InChI=1S/C10H13NO3/c1-6(2)11-10(14)9-7(12)4-3-5-8(9)13/h3-6,12-13H,1-2H3,(H,11,14). The van der Waals surface area contributed by atoms with Gasteiger partial charge in [0, 0.05) is 6.04 Å². The van der Waals surface area contributed by atoms with E-state index < -0.39 is 5.91 Å². The zero-order chi connectivity index (χ0) is 10.7. The predicted octanol–water partition coefficient (Wildman–Crippen LogP) is 1.24. The molecule has 0 aliphatic carbocycles. The molecule has 0 spiro atoms. The Morgan fingerprint density at radius 3 is 2.21 bits per heavy atom. The highest BCUT2D eigenvalue weighted by atomic mass is 16.3. The maximum atomic E-state index is 11.5. The van der Waals surface area contributed by atoms with Crippen LogP contribution < -0.4 is 5.32 Å². The van der Waals surface area contributed by atoms with Gasteiger partial charge in [-0.25, -0.2) is 0 Å². The van der Waals surface area contributed by atoms with Crippen molar-refractivity contribution >= 4 is 5.91 Å². The summed E-state index contributed by atoms with van der Waals surface area (Å²) in [6.45, 7) is 3.60. The maximum Gasteiger partial charge on any atom is 0.259 e. The molecule has 1 rings (SSSR count). The summed E-state index contributed by atoms with van der Waals surface area (Å²) in [5, 5.41) is 21.3. The molecule has 1 aromatic rings. The van der Waals surface area contributed by atoms with E-state index in [0.717, 1.165) is 0 Å². The van der Waals surface area contributed by atoms with E-state index in [-0.39, 0.29) is 23.1 Å². The Morgan fingerprint density at radius 1 is 1.29 bits per heavy atom. The third kappa shape index (κ3) is 2.16. The van der Waals surface area contributed by atoms with Crippen molar-refractivity contribution in [2.75, 3.05) is 0 Å². The smallest absolute Gasteiger partial charge is 0.259 e. The van der Waals surface area contributed by atoms with Crippen LogP contribution in [0.25, 0.3) is 0 Å². The Labute approximate surface area is 82.2 Å². The molecule has 0 aromatic heterocycles. The lowest BCUT2D eigenvalue weighted by atomic mass is 10.1. The average molecular weight is 195 g/mol. The van der Waals surface area contributed by atoms with E-state index in [1.165, 1.54) is 18.2 Å². The second-order valence-corrected chi connectivity index (χ2v) is 3.30. The minimum atomic E-state index is -0.476. The van der Waals surface area contributed by atoms with Gasteiger partial charge in [-0.2, -0.15) is 0 Å². The van der Waals surface area contributed by atoms with E-state index in [2.05, 4.69) is 5.32 Å². The molecular formula is C10H13NO3. The fourth-order valence-electron chi connectivity index (χ4n) is 1.10. The number of phenolic OH excluding ortho intramolecular Hbond substituents is 2. The number of aromatic hydroxyl groups is 2. The molecule has 0 saturated heterocycles. The number of phenols is 2. The first kappa shape index (κ1) is 10.4. The Morgan fingerprint density at radius 2 is 1.79 bits per heavy atom. The van der Waals surface area contributed by atoms with Crippen molar-refractivity contribution < 1.29 is 15.0 Å². The first-order chi connectivity index (χ1) is 6.52. The summed E-state index contributed by atoms with van der Waals surface area (Å²) >= 11 is 0. The molecule has 0 fully saturated rings. The van der Waals surface area contributed by atoms with Crippen molar-refractivity contribution in [3.8, 4) is 11.5 Å². The van der Waals surface area contributed by atoms with Crippen molar-refractivity contribution in [3.05, 3.63) is 23.8 Å². The molecule has 4 heteroatoms. The molecule has 0 aliphatic rings. The van der Waals surface area contributed by atoms with Crippen molar-refractivity contribution in [1.29, 1.82) is 0 Å². The van der Waals surface area contributed by atoms with Gasteiger partial charge in [-0.1, -0.05) is 6.07 Å². The minimum absolute atomic E-state index is 0.0403. The third-order valence-electron chi connectivity index (χ3n) is 1.67. The highest BCUT2D eigenvalue weighted by Gasteiger charge is 2.15. The fourth-order valence-corrected chi connectivity index (χ4v) is 1.10. The number of carbonyl (C=O) groups is 1. The molecule has 0 heterocycles. The van der Waals surface area contributed by atoms with Gasteiger partial charge in [0.15, 0.2) is 0 Å². The van der Waals surface area contributed by atoms with E-state index in [9.17, 15) is 15.0 Å². The maximum absolute atomic E-state index is 11.5. The van der Waals surface area contributed by atoms with Crippen molar-refractivity contribution in [2.24, 2.45) is 0 Å². The van der Waals surface area contributed by atoms with Crippen LogP contribution in [0.4, 0.5) is 0 Å². The zero-order valence-corrected chi connectivity index (χ0v) is 8.11. The van der Waals surface area contributed by atoms with E-state index in [1.807, 2.05) is 0 Å². The Balaban J connectivity index is 3.00. The summed E-state index contributed by atoms with van der Waals surface area (Å²) in [5.74, 6) is -0.915. The fraction of sp³-hybridized carbons (Fsp3) is 0.300. The number of rotatable bonds is 2. The van der Waals surface area contributed by atoms with Gasteiger partial charge < -0.3 is 15.5 Å². The molecular weight excluding hydrogens is 182 g/mol. The van der Waals surface area contributed by atoms with Crippen molar-refractivity contribution in [3.63, 3.8) is 0 Å². The third-order valence-corrected chi connectivity index (χ3v) is 1.67. The summed E-state index contributed by atoms with van der Waals surface area (Å²) < 4.78 is 0. The molecule has 4 nitrogen and oxygen atoms in total. The van der Waals surface area contributed by atoms with Crippen LogP contribution in [0.3, 0.4) is 0 Å². The van der Waals surface area contributed by atoms with E-state index in [4.69, 9.17) is 0 Å². The minimum Gasteiger partial charge on any atom is -0.507 e. The average Bonchev–Trinajstić information content (AvgIpc) is 2.01. The second kappa shape index (κ2) is 4.00. The molecule has 0 saturated carbocycles. The summed E-state index contributed by atoms with van der Waals surface area (Å²) in [6, 6.07) is 4.14. The topological polar surface area (TPSA) is 69.6 Å². The molecule has 76 valence electrons. The molecule has 0 aliphatic heterocycles. The van der Waals surface area contributed by atoms with Gasteiger partial charge in [-0.3, -0.25) is 4.79 Å². The van der Waals surface area contributed by atoms with Crippen LogP contribution in [0.5, 0.6) is 11.5 Å². The van der Waals surface area contributed by atoms with Crippen LogP contribution >= 0.6 is 0 Å². The Bertz CT molecular complexity index is 327. The van der Waals surface area contributed by atoms with Crippen LogP contribution in [-0.4, -0.2) is 22.2 Å². The second-order valence-electron chi connectivity index (χ2n) is 3.30. The van der Waals surface area contributed by atoms with Crippen LogP contribution in [0, 0.1) is 0 Å². The van der Waals surface area contributed by atoms with Gasteiger partial charge in [0.25, 0.3) is 5.91 Å². The zero-order valence-electron chi connectivity index (χ0n) is 8.11. The van der Waals surface area contributed by atoms with E-state index >= 15 is 0 Å². The number of amides is 1. The first-order valence-electron chi connectivity index (χ1n) is 4.34. The number of hydrogen-bond donors (Lipinski definition) is 3. The van der Waals surface area contributed by atoms with Gasteiger partial charge in [-0.15, -0.1) is 0 Å². The van der Waals surface area contributed by atoms with Crippen molar-refractivity contribution in [2.45, 2.75) is 19.9 Å². The van der Waals surface area contributed by atoms with Gasteiger partial charge in [0.05, 0.1) is 0 Å². The lowest BCUT2D eigenvalue weighted by Crippen LogP contribution is -2.30. The number of benzene rings is 1. The summed E-state index contributed by atoms with van der Waals surface area (Å²) in [4.78, 5) is 11.5.